The highest BCUT2D eigenvalue weighted by atomic mass is 16.5. The summed E-state index contributed by atoms with van der Waals surface area (Å²) >= 11 is 0. The first-order chi connectivity index (χ1) is 9.01. The van der Waals surface area contributed by atoms with Crippen molar-refractivity contribution in [3.05, 3.63) is 23.8 Å². The lowest BCUT2D eigenvalue weighted by atomic mass is 9.88. The summed E-state index contributed by atoms with van der Waals surface area (Å²) < 4.78 is 10.3. The first kappa shape index (κ1) is 13.7. The molecule has 0 bridgehead atoms. The number of hydrogen-bond acceptors (Lipinski definition) is 4. The van der Waals surface area contributed by atoms with Crippen molar-refractivity contribution < 1.29 is 14.3 Å². The molecule has 0 saturated carbocycles. The van der Waals surface area contributed by atoms with E-state index < -0.39 is 0 Å². The molecule has 1 amide bonds. The van der Waals surface area contributed by atoms with E-state index >= 15 is 0 Å². The van der Waals surface area contributed by atoms with Gasteiger partial charge in [0.15, 0.2) is 0 Å². The fourth-order valence-electron chi connectivity index (χ4n) is 2.19. The number of ether oxygens (including phenoxy) is 2. The van der Waals surface area contributed by atoms with E-state index in [1.807, 2.05) is 6.92 Å². The van der Waals surface area contributed by atoms with Gasteiger partial charge in [-0.15, -0.1) is 0 Å². The zero-order chi connectivity index (χ0) is 14.0. The smallest absolute Gasteiger partial charge is 0.254 e. The van der Waals surface area contributed by atoms with Crippen LogP contribution >= 0.6 is 0 Å². The molecule has 0 spiro atoms. The highest BCUT2D eigenvalue weighted by Crippen LogP contribution is 2.27. The second-order valence-corrected chi connectivity index (χ2v) is 4.98. The van der Waals surface area contributed by atoms with Crippen molar-refractivity contribution in [1.82, 2.24) is 4.90 Å². The third-order valence-corrected chi connectivity index (χ3v) is 3.60. The summed E-state index contributed by atoms with van der Waals surface area (Å²) in [5.74, 6) is 1.18. The predicted octanol–water partition coefficient (Wildman–Crippen LogP) is 1.27. The van der Waals surface area contributed by atoms with Crippen LogP contribution in [0.3, 0.4) is 0 Å². The second-order valence-electron chi connectivity index (χ2n) is 4.98. The number of amides is 1. The van der Waals surface area contributed by atoms with Crippen molar-refractivity contribution in [1.29, 1.82) is 0 Å². The Bertz CT molecular complexity index is 459. The molecule has 1 heterocycles. The Morgan fingerprint density at radius 2 is 1.79 bits per heavy atom. The second kappa shape index (κ2) is 5.09. The number of hydrogen-bond donors (Lipinski definition) is 1. The summed E-state index contributed by atoms with van der Waals surface area (Å²) in [6.45, 7) is 3.24. The number of likely N-dealkylation sites (tertiary alicyclic amines) is 1. The molecule has 0 unspecified atom stereocenters. The van der Waals surface area contributed by atoms with Crippen LogP contribution in [0.1, 0.15) is 23.7 Å². The van der Waals surface area contributed by atoms with Crippen LogP contribution in [0.15, 0.2) is 18.2 Å². The van der Waals surface area contributed by atoms with E-state index in [-0.39, 0.29) is 11.4 Å². The Balaban J connectivity index is 2.16. The summed E-state index contributed by atoms with van der Waals surface area (Å²) in [7, 11) is 3.13. The molecule has 0 aromatic heterocycles. The van der Waals surface area contributed by atoms with E-state index in [0.717, 1.165) is 6.42 Å². The van der Waals surface area contributed by atoms with E-state index in [9.17, 15) is 4.79 Å². The first-order valence-corrected chi connectivity index (χ1v) is 6.32. The van der Waals surface area contributed by atoms with Crippen LogP contribution in [0.5, 0.6) is 11.5 Å². The van der Waals surface area contributed by atoms with Gasteiger partial charge in [0.05, 0.1) is 19.8 Å². The number of benzene rings is 1. The zero-order valence-corrected chi connectivity index (χ0v) is 11.6. The van der Waals surface area contributed by atoms with Gasteiger partial charge in [-0.05, 0) is 18.6 Å². The van der Waals surface area contributed by atoms with Crippen LogP contribution in [0, 0.1) is 0 Å². The van der Waals surface area contributed by atoms with Crippen LogP contribution in [-0.2, 0) is 0 Å². The van der Waals surface area contributed by atoms with Crippen LogP contribution in [0.4, 0.5) is 0 Å². The molecule has 1 saturated heterocycles. The standard InChI is InChI=1S/C14H20N2O3/c1-4-14(15)8-16(9-14)13(17)10-5-11(18-2)7-12(6-10)19-3/h5-7H,4,8-9,15H2,1-3H3. The van der Waals surface area contributed by atoms with E-state index in [1.165, 1.54) is 0 Å². The third kappa shape index (κ3) is 2.66. The lowest BCUT2D eigenvalue weighted by Crippen LogP contribution is -2.68. The maximum Gasteiger partial charge on any atom is 0.254 e. The molecule has 1 aliphatic heterocycles. The SMILES string of the molecule is CCC1(N)CN(C(=O)c2cc(OC)cc(OC)c2)C1. The normalized spacial score (nSPS) is 16.7. The van der Waals surface area contributed by atoms with Crippen molar-refractivity contribution in [3.8, 4) is 11.5 Å². The lowest BCUT2D eigenvalue weighted by molar-refractivity contribution is 0.0401. The number of carbonyl (C=O) groups excluding carboxylic acids is 1. The molecule has 2 N–H and O–H groups in total. The Morgan fingerprint density at radius 3 is 2.21 bits per heavy atom. The Kier molecular flexibility index (Phi) is 3.66. The van der Waals surface area contributed by atoms with Crippen molar-refractivity contribution in [2.45, 2.75) is 18.9 Å². The molecule has 1 aliphatic rings. The van der Waals surface area contributed by atoms with Gasteiger partial charge in [-0.3, -0.25) is 4.79 Å². The Labute approximate surface area is 113 Å². The molecular formula is C14H20N2O3. The number of methoxy groups -OCH3 is 2. The topological polar surface area (TPSA) is 64.8 Å². The summed E-state index contributed by atoms with van der Waals surface area (Å²) in [5.41, 5.74) is 6.42. The van der Waals surface area contributed by atoms with Crippen molar-refractivity contribution in [3.63, 3.8) is 0 Å². The highest BCUT2D eigenvalue weighted by Gasteiger charge is 2.40. The van der Waals surface area contributed by atoms with Gasteiger partial charge in [0.1, 0.15) is 11.5 Å². The van der Waals surface area contributed by atoms with Gasteiger partial charge < -0.3 is 20.1 Å². The maximum atomic E-state index is 12.3. The highest BCUT2D eigenvalue weighted by molar-refractivity contribution is 5.95. The Hall–Kier alpha value is -1.75. The molecule has 0 aliphatic carbocycles. The molecule has 5 nitrogen and oxygen atoms in total. The summed E-state index contributed by atoms with van der Waals surface area (Å²) in [6, 6.07) is 5.17. The fourth-order valence-corrected chi connectivity index (χ4v) is 2.19. The molecule has 0 radical (unpaired) electrons. The maximum absolute atomic E-state index is 12.3. The van der Waals surface area contributed by atoms with E-state index in [2.05, 4.69) is 0 Å². The molecule has 2 rings (SSSR count). The molecule has 1 fully saturated rings. The minimum Gasteiger partial charge on any atom is -0.497 e. The van der Waals surface area contributed by atoms with Crippen molar-refractivity contribution in [2.24, 2.45) is 5.73 Å². The van der Waals surface area contributed by atoms with E-state index in [4.69, 9.17) is 15.2 Å². The van der Waals surface area contributed by atoms with Crippen LogP contribution in [0.25, 0.3) is 0 Å². The average molecular weight is 264 g/mol. The van der Waals surface area contributed by atoms with Gasteiger partial charge in [0.2, 0.25) is 0 Å². The van der Waals surface area contributed by atoms with Gasteiger partial charge in [-0.1, -0.05) is 6.92 Å². The largest absolute Gasteiger partial charge is 0.497 e. The van der Waals surface area contributed by atoms with Gasteiger partial charge in [-0.25, -0.2) is 0 Å². The van der Waals surface area contributed by atoms with Gasteiger partial charge in [0, 0.05) is 24.7 Å². The summed E-state index contributed by atoms with van der Waals surface area (Å²) in [4.78, 5) is 14.1. The molecule has 5 heteroatoms. The van der Waals surface area contributed by atoms with Gasteiger partial charge in [0.25, 0.3) is 5.91 Å². The Morgan fingerprint density at radius 1 is 1.26 bits per heavy atom. The molecule has 1 aromatic rings. The molecule has 1 aromatic carbocycles. The van der Waals surface area contributed by atoms with Gasteiger partial charge >= 0.3 is 0 Å². The molecule has 0 atom stereocenters. The monoisotopic (exact) mass is 264 g/mol. The summed E-state index contributed by atoms with van der Waals surface area (Å²) in [5, 5.41) is 0. The van der Waals surface area contributed by atoms with E-state index in [1.54, 1.807) is 37.3 Å². The van der Waals surface area contributed by atoms with Crippen molar-refractivity contribution in [2.75, 3.05) is 27.3 Å². The number of nitrogens with zero attached hydrogens (tertiary/aromatic N) is 1. The van der Waals surface area contributed by atoms with Crippen LogP contribution < -0.4 is 15.2 Å². The average Bonchev–Trinajstić information content (AvgIpc) is 2.42. The number of carbonyl (C=O) groups is 1. The minimum atomic E-state index is -0.224. The molecular weight excluding hydrogens is 244 g/mol. The fraction of sp³-hybridized carbons (Fsp3) is 0.500. The zero-order valence-electron chi connectivity index (χ0n) is 11.6. The van der Waals surface area contributed by atoms with Crippen LogP contribution in [-0.4, -0.2) is 43.7 Å². The quantitative estimate of drug-likeness (QED) is 0.889. The van der Waals surface area contributed by atoms with E-state index in [0.29, 0.717) is 30.2 Å². The van der Waals surface area contributed by atoms with Gasteiger partial charge in [-0.2, -0.15) is 0 Å². The van der Waals surface area contributed by atoms with Crippen molar-refractivity contribution >= 4 is 5.91 Å². The third-order valence-electron chi connectivity index (χ3n) is 3.60. The summed E-state index contributed by atoms with van der Waals surface area (Å²) in [6.07, 6.45) is 0.873. The first-order valence-electron chi connectivity index (χ1n) is 6.32. The molecule has 19 heavy (non-hydrogen) atoms. The lowest BCUT2D eigenvalue weighted by Gasteiger charge is -2.47. The predicted molar refractivity (Wildman–Crippen MR) is 72.7 cm³/mol. The number of rotatable bonds is 4. The minimum absolute atomic E-state index is 0.0354. The number of nitrogens with two attached hydrogens (primary N) is 1. The molecule has 104 valence electrons. The van der Waals surface area contributed by atoms with Crippen LogP contribution in [0.2, 0.25) is 0 Å².